The van der Waals surface area contributed by atoms with E-state index in [2.05, 4.69) is 0 Å². The van der Waals surface area contributed by atoms with Gasteiger partial charge in [0.15, 0.2) is 0 Å². The van der Waals surface area contributed by atoms with Crippen molar-refractivity contribution in [1.82, 2.24) is 5.01 Å². The lowest BCUT2D eigenvalue weighted by molar-refractivity contribution is -0.137. The highest BCUT2D eigenvalue weighted by Crippen LogP contribution is 2.04. The molecule has 12 nitrogen and oxygen atoms in total. The third-order valence-corrected chi connectivity index (χ3v) is 3.97. The Morgan fingerprint density at radius 2 is 1.40 bits per heavy atom. The van der Waals surface area contributed by atoms with Gasteiger partial charge in [-0.05, 0) is 12.8 Å². The molecule has 0 unspecified atom stereocenters. The number of nitrogens with zero attached hydrogens (tertiary/aromatic N) is 1. The summed E-state index contributed by atoms with van der Waals surface area (Å²) in [7, 11) is 0. The average Bonchev–Trinajstić information content (AvgIpc) is 2.72. The lowest BCUT2D eigenvalue weighted by atomic mass is 10.2. The summed E-state index contributed by atoms with van der Waals surface area (Å²) < 4.78 is 16.3. The van der Waals surface area contributed by atoms with E-state index in [0.717, 1.165) is 6.42 Å². The summed E-state index contributed by atoms with van der Waals surface area (Å²) in [6, 6.07) is 0. The standard InChI is InChI=1S/C18H37N3O9/c19-14(6-21(20)5-3-1-2-4-18(26)27)11-28-17(12-29-15(7-22)8-23)13-30-16(9-24)10-25/h6,15-17,22-25H,1-5,7-13,19-20H2,(H,26,27)/b14-6-. The highest BCUT2D eigenvalue weighted by atomic mass is 16.6. The Bertz CT molecular complexity index is 444. The Kier molecular flexibility index (Phi) is 17.4. The zero-order chi connectivity index (χ0) is 22.8. The maximum Gasteiger partial charge on any atom is 0.303 e. The number of hydrogen-bond acceptors (Lipinski definition) is 11. The fourth-order valence-corrected chi connectivity index (χ4v) is 2.23. The second kappa shape index (κ2) is 18.3. The highest BCUT2D eigenvalue weighted by molar-refractivity contribution is 5.66. The number of aliphatic hydroxyl groups excluding tert-OH is 4. The van der Waals surface area contributed by atoms with Crippen LogP contribution in [0.1, 0.15) is 25.7 Å². The van der Waals surface area contributed by atoms with Crippen LogP contribution in [-0.4, -0.2) is 108 Å². The smallest absolute Gasteiger partial charge is 0.303 e. The number of aliphatic carboxylic acids is 1. The van der Waals surface area contributed by atoms with Crippen LogP contribution in [0.3, 0.4) is 0 Å². The molecule has 178 valence electrons. The highest BCUT2D eigenvalue weighted by Gasteiger charge is 2.17. The van der Waals surface area contributed by atoms with Gasteiger partial charge in [0.2, 0.25) is 0 Å². The van der Waals surface area contributed by atoms with E-state index in [-0.39, 0.29) is 52.7 Å². The van der Waals surface area contributed by atoms with Gasteiger partial charge in [-0.2, -0.15) is 0 Å². The van der Waals surface area contributed by atoms with Gasteiger partial charge in [0, 0.05) is 19.2 Å². The molecular formula is C18H37N3O9. The number of unbranched alkanes of at least 4 members (excludes halogenated alkanes) is 2. The van der Waals surface area contributed by atoms with Gasteiger partial charge >= 0.3 is 5.97 Å². The minimum Gasteiger partial charge on any atom is -0.481 e. The third-order valence-electron chi connectivity index (χ3n) is 3.97. The molecule has 0 atom stereocenters. The summed E-state index contributed by atoms with van der Waals surface area (Å²) >= 11 is 0. The van der Waals surface area contributed by atoms with Gasteiger partial charge < -0.3 is 50.5 Å². The Hall–Kier alpha value is -1.51. The number of nitrogens with two attached hydrogens (primary N) is 2. The third kappa shape index (κ3) is 15.3. The summed E-state index contributed by atoms with van der Waals surface area (Å²) in [4.78, 5) is 10.5. The Morgan fingerprint density at radius 1 is 0.867 bits per heavy atom. The zero-order valence-electron chi connectivity index (χ0n) is 17.3. The first-order valence-corrected chi connectivity index (χ1v) is 9.83. The summed E-state index contributed by atoms with van der Waals surface area (Å²) in [5.41, 5.74) is 6.23. The lowest BCUT2D eigenvalue weighted by Gasteiger charge is -2.23. The van der Waals surface area contributed by atoms with Crippen LogP contribution < -0.4 is 11.6 Å². The fourth-order valence-electron chi connectivity index (χ4n) is 2.23. The molecule has 0 aromatic carbocycles. The van der Waals surface area contributed by atoms with E-state index >= 15 is 0 Å². The largest absolute Gasteiger partial charge is 0.481 e. The molecule has 0 aliphatic heterocycles. The maximum absolute atomic E-state index is 10.5. The van der Waals surface area contributed by atoms with Gasteiger partial charge in [-0.3, -0.25) is 4.79 Å². The Labute approximate surface area is 176 Å². The van der Waals surface area contributed by atoms with Crippen molar-refractivity contribution in [2.45, 2.75) is 44.0 Å². The number of hydrogen-bond donors (Lipinski definition) is 7. The van der Waals surface area contributed by atoms with Crippen LogP contribution in [0.15, 0.2) is 11.9 Å². The second-order valence-electron chi connectivity index (χ2n) is 6.72. The van der Waals surface area contributed by atoms with E-state index in [0.29, 0.717) is 25.1 Å². The summed E-state index contributed by atoms with van der Waals surface area (Å²) in [6.45, 7) is -0.993. The van der Waals surface area contributed by atoms with Crippen molar-refractivity contribution in [3.63, 3.8) is 0 Å². The van der Waals surface area contributed by atoms with Gasteiger partial charge in [-0.15, -0.1) is 0 Å². The Morgan fingerprint density at radius 3 is 1.87 bits per heavy atom. The van der Waals surface area contributed by atoms with Crippen LogP contribution in [0.4, 0.5) is 0 Å². The van der Waals surface area contributed by atoms with Crippen molar-refractivity contribution in [2.24, 2.45) is 11.6 Å². The van der Waals surface area contributed by atoms with Gasteiger partial charge in [0.1, 0.15) is 18.3 Å². The van der Waals surface area contributed by atoms with Crippen molar-refractivity contribution in [3.05, 3.63) is 11.9 Å². The quantitative estimate of drug-likeness (QED) is 0.0610. The Balaban J connectivity index is 4.46. The molecule has 0 aromatic rings. The zero-order valence-corrected chi connectivity index (χ0v) is 17.3. The topological polar surface area (TPSA) is 201 Å². The predicted octanol–water partition coefficient (Wildman–Crippen LogP) is -2.27. The second-order valence-corrected chi connectivity index (χ2v) is 6.72. The molecule has 0 spiro atoms. The van der Waals surface area contributed by atoms with E-state index in [9.17, 15) is 4.79 Å². The predicted molar refractivity (Wildman–Crippen MR) is 107 cm³/mol. The summed E-state index contributed by atoms with van der Waals surface area (Å²) in [5, 5.41) is 46.3. The van der Waals surface area contributed by atoms with Crippen LogP contribution in [0.5, 0.6) is 0 Å². The van der Waals surface area contributed by atoms with Gasteiger partial charge in [-0.25, -0.2) is 5.84 Å². The molecule has 0 fully saturated rings. The van der Waals surface area contributed by atoms with E-state index in [4.69, 9.17) is 51.3 Å². The lowest BCUT2D eigenvalue weighted by Crippen LogP contribution is -2.35. The number of ether oxygens (including phenoxy) is 3. The molecule has 30 heavy (non-hydrogen) atoms. The number of rotatable bonds is 20. The molecule has 9 N–H and O–H groups in total. The first kappa shape index (κ1) is 28.5. The van der Waals surface area contributed by atoms with Crippen LogP contribution in [-0.2, 0) is 19.0 Å². The molecule has 0 aliphatic carbocycles. The van der Waals surface area contributed by atoms with Crippen molar-refractivity contribution >= 4 is 5.97 Å². The van der Waals surface area contributed by atoms with Crippen molar-refractivity contribution in [2.75, 3.05) is 52.8 Å². The van der Waals surface area contributed by atoms with E-state index in [1.54, 1.807) is 0 Å². The minimum absolute atomic E-state index is 0.00403. The molecule has 0 radical (unpaired) electrons. The normalized spacial score (nSPS) is 12.3. The summed E-state index contributed by atoms with van der Waals surface area (Å²) in [6.07, 6.45) is 1.49. The number of aliphatic hydroxyl groups is 4. The molecule has 0 rings (SSSR count). The van der Waals surface area contributed by atoms with Crippen LogP contribution >= 0.6 is 0 Å². The van der Waals surface area contributed by atoms with Crippen molar-refractivity contribution in [1.29, 1.82) is 0 Å². The van der Waals surface area contributed by atoms with E-state index in [1.165, 1.54) is 11.2 Å². The van der Waals surface area contributed by atoms with Gasteiger partial charge in [0.05, 0.1) is 51.9 Å². The average molecular weight is 440 g/mol. The maximum atomic E-state index is 10.5. The van der Waals surface area contributed by atoms with Gasteiger partial charge in [-0.1, -0.05) is 6.42 Å². The van der Waals surface area contributed by atoms with Crippen molar-refractivity contribution < 1.29 is 44.5 Å². The molecule has 0 bridgehead atoms. The monoisotopic (exact) mass is 439 g/mol. The first-order valence-electron chi connectivity index (χ1n) is 9.83. The first-order chi connectivity index (χ1) is 14.4. The number of hydrazine groups is 1. The number of carboxylic acids is 1. The molecule has 0 saturated carbocycles. The molecule has 0 heterocycles. The van der Waals surface area contributed by atoms with E-state index < -0.39 is 24.3 Å². The SMILES string of the molecule is N/C(=C\N(N)CCCCCC(=O)O)COC(COC(CO)CO)COC(CO)CO. The number of carbonyl (C=O) groups is 1. The summed E-state index contributed by atoms with van der Waals surface area (Å²) in [5.74, 6) is 5.01. The van der Waals surface area contributed by atoms with Gasteiger partial charge in [0.25, 0.3) is 0 Å². The molecule has 0 saturated heterocycles. The molecule has 0 aliphatic rings. The molecule has 0 aromatic heterocycles. The molecule has 0 amide bonds. The molecular weight excluding hydrogens is 402 g/mol. The minimum atomic E-state index is -0.822. The fraction of sp³-hybridized carbons (Fsp3) is 0.833. The number of carboxylic acid groups (broad SMARTS) is 1. The molecule has 12 heteroatoms. The van der Waals surface area contributed by atoms with E-state index in [1.807, 2.05) is 0 Å². The van der Waals surface area contributed by atoms with Crippen molar-refractivity contribution in [3.8, 4) is 0 Å². The van der Waals surface area contributed by atoms with Crippen LogP contribution in [0.25, 0.3) is 0 Å². The van der Waals surface area contributed by atoms with Crippen LogP contribution in [0.2, 0.25) is 0 Å². The van der Waals surface area contributed by atoms with Crippen LogP contribution in [0, 0.1) is 0 Å².